The Morgan fingerprint density at radius 3 is 2.25 bits per heavy atom. The molecule has 0 atom stereocenters. The second-order valence-electron chi connectivity index (χ2n) is 2.03. The molecule has 0 amide bonds. The molecule has 0 spiro atoms. The minimum absolute atomic E-state index is 0.343. The normalized spacial score (nSPS) is 8.58. The Bertz CT molecular complexity index is 205. The molecule has 1 rings (SSSR count). The summed E-state index contributed by atoms with van der Waals surface area (Å²) in [6.07, 6.45) is 2.81. The molecule has 0 aliphatic carbocycles. The molecule has 0 aliphatic heterocycles. The number of Topliss-reactive ketones (excluding diaryl/α,β-unsaturated/α-hetero) is 1. The largest absolute Gasteiger partial charge is 0.300 e. The first-order valence-electron chi connectivity index (χ1n) is 3.77. The van der Waals surface area contributed by atoms with Crippen molar-refractivity contribution < 1.29 is 9.18 Å². The van der Waals surface area contributed by atoms with Crippen LogP contribution in [0.15, 0.2) is 11.6 Å². The Balaban J connectivity index is 0.000000202. The van der Waals surface area contributed by atoms with Gasteiger partial charge >= 0.3 is 0 Å². The molecule has 0 aliphatic rings. The number of halogens is 1. The Kier molecular flexibility index (Phi) is 6.47. The molecule has 0 N–H and O–H groups in total. The van der Waals surface area contributed by atoms with Crippen molar-refractivity contribution in [3.05, 3.63) is 16.8 Å². The fraction of sp³-hybridized carbons (Fsp3) is 0.500. The smallest absolute Gasteiger partial charge is 0.268 e. The first kappa shape index (κ1) is 11.2. The third-order valence-corrected chi connectivity index (χ3v) is 1.75. The molecule has 4 heteroatoms. The van der Waals surface area contributed by atoms with Crippen molar-refractivity contribution in [3.8, 4) is 0 Å². The van der Waals surface area contributed by atoms with Crippen LogP contribution in [0.4, 0.5) is 4.39 Å². The molecule has 0 bridgehead atoms. The van der Waals surface area contributed by atoms with Crippen molar-refractivity contribution in [1.29, 1.82) is 0 Å². The zero-order chi connectivity index (χ0) is 9.40. The molecular formula is C8H12FNOS. The van der Waals surface area contributed by atoms with Gasteiger partial charge in [0.1, 0.15) is 5.78 Å². The van der Waals surface area contributed by atoms with Gasteiger partial charge in [-0.15, -0.1) is 0 Å². The van der Waals surface area contributed by atoms with Crippen LogP contribution in [0.5, 0.6) is 0 Å². The summed E-state index contributed by atoms with van der Waals surface area (Å²) in [5, 5.41) is 1.23. The van der Waals surface area contributed by atoms with E-state index in [4.69, 9.17) is 0 Å². The fourth-order valence-electron chi connectivity index (χ4n) is 0.456. The first-order valence-corrected chi connectivity index (χ1v) is 4.65. The number of hydrogen-bond donors (Lipinski definition) is 0. The van der Waals surface area contributed by atoms with Crippen LogP contribution >= 0.6 is 11.3 Å². The first-order chi connectivity index (χ1) is 5.70. The quantitative estimate of drug-likeness (QED) is 0.716. The summed E-state index contributed by atoms with van der Waals surface area (Å²) < 4.78 is 11.6. The zero-order valence-corrected chi connectivity index (χ0v) is 8.03. The molecule has 0 aromatic carbocycles. The van der Waals surface area contributed by atoms with E-state index in [1.807, 2.05) is 13.8 Å². The van der Waals surface area contributed by atoms with E-state index in [-0.39, 0.29) is 5.26 Å². The lowest BCUT2D eigenvalue weighted by Crippen LogP contribution is -1.88. The highest BCUT2D eigenvalue weighted by molar-refractivity contribution is 7.07. The highest BCUT2D eigenvalue weighted by atomic mass is 32.1. The van der Waals surface area contributed by atoms with Crippen molar-refractivity contribution in [3.63, 3.8) is 0 Å². The number of hydrogen-bond acceptors (Lipinski definition) is 3. The fourth-order valence-corrected chi connectivity index (χ4v) is 0.812. The van der Waals surface area contributed by atoms with Gasteiger partial charge in [0.25, 0.3) is 5.26 Å². The van der Waals surface area contributed by atoms with Crippen molar-refractivity contribution in [1.82, 2.24) is 4.98 Å². The number of nitrogens with zero attached hydrogens (tertiary/aromatic N) is 1. The van der Waals surface area contributed by atoms with Crippen LogP contribution < -0.4 is 0 Å². The number of thiazole rings is 1. The van der Waals surface area contributed by atoms with Crippen LogP contribution in [0, 0.1) is 5.26 Å². The molecule has 0 unspecified atom stereocenters. The van der Waals surface area contributed by atoms with Gasteiger partial charge in [0, 0.05) is 24.4 Å². The Morgan fingerprint density at radius 1 is 1.58 bits per heavy atom. The maximum Gasteiger partial charge on any atom is 0.268 e. The number of ketones is 1. The van der Waals surface area contributed by atoms with E-state index in [0.29, 0.717) is 18.6 Å². The van der Waals surface area contributed by atoms with Crippen molar-refractivity contribution in [2.45, 2.75) is 26.7 Å². The summed E-state index contributed by atoms with van der Waals surface area (Å²) in [5.74, 6) is 0.343. The topological polar surface area (TPSA) is 30.0 Å². The maximum atomic E-state index is 11.6. The molecule has 68 valence electrons. The van der Waals surface area contributed by atoms with Gasteiger partial charge in [0.2, 0.25) is 0 Å². The van der Waals surface area contributed by atoms with E-state index in [1.54, 1.807) is 5.38 Å². The predicted molar refractivity (Wildman–Crippen MR) is 47.7 cm³/mol. The number of aromatic nitrogens is 1. The molecule has 0 radical (unpaired) electrons. The second kappa shape index (κ2) is 6.91. The zero-order valence-electron chi connectivity index (χ0n) is 7.21. The lowest BCUT2D eigenvalue weighted by molar-refractivity contribution is -0.118. The van der Waals surface area contributed by atoms with Crippen LogP contribution in [0.1, 0.15) is 26.7 Å². The Labute approximate surface area is 75.4 Å². The molecule has 2 nitrogen and oxygen atoms in total. The Morgan fingerprint density at radius 2 is 2.17 bits per heavy atom. The van der Waals surface area contributed by atoms with E-state index >= 15 is 0 Å². The van der Waals surface area contributed by atoms with Crippen LogP contribution in [0.25, 0.3) is 0 Å². The molecular weight excluding hydrogens is 177 g/mol. The lowest BCUT2D eigenvalue weighted by atomic mass is 10.3. The summed E-state index contributed by atoms with van der Waals surface area (Å²) in [7, 11) is 0. The summed E-state index contributed by atoms with van der Waals surface area (Å²) in [6.45, 7) is 3.76. The average Bonchev–Trinajstić information content (AvgIpc) is 2.55. The summed E-state index contributed by atoms with van der Waals surface area (Å²) in [5.41, 5.74) is 0. The number of carbonyl (C=O) groups is 1. The summed E-state index contributed by atoms with van der Waals surface area (Å²) >= 11 is 1.000. The van der Waals surface area contributed by atoms with E-state index in [0.717, 1.165) is 11.3 Å². The molecule has 0 saturated carbocycles. The van der Waals surface area contributed by atoms with Gasteiger partial charge in [-0.05, 0) is 0 Å². The number of carbonyl (C=O) groups excluding carboxylic acids is 1. The van der Waals surface area contributed by atoms with Crippen LogP contribution in [0.2, 0.25) is 0 Å². The maximum absolute atomic E-state index is 11.6. The van der Waals surface area contributed by atoms with Crippen LogP contribution in [-0.2, 0) is 4.79 Å². The average molecular weight is 189 g/mol. The molecule has 0 saturated heterocycles. The van der Waals surface area contributed by atoms with Crippen molar-refractivity contribution >= 4 is 17.1 Å². The van der Waals surface area contributed by atoms with E-state index in [9.17, 15) is 9.18 Å². The molecule has 1 heterocycles. The van der Waals surface area contributed by atoms with Crippen LogP contribution in [-0.4, -0.2) is 10.8 Å². The standard InChI is InChI=1S/C5H10O.C3H2FNS/c1-3-5(6)4-2;4-3-5-1-2-6-3/h3-4H2,1-2H3;1-2H. The minimum atomic E-state index is -0.366. The number of rotatable bonds is 2. The van der Waals surface area contributed by atoms with Gasteiger partial charge in [-0.3, -0.25) is 4.79 Å². The highest BCUT2D eigenvalue weighted by Gasteiger charge is 1.86. The lowest BCUT2D eigenvalue weighted by Gasteiger charge is -1.81. The Hall–Kier alpha value is -0.770. The van der Waals surface area contributed by atoms with Crippen molar-refractivity contribution in [2.75, 3.05) is 0 Å². The SMILES string of the molecule is CCC(=O)CC.Fc1nccs1. The van der Waals surface area contributed by atoms with Crippen LogP contribution in [0.3, 0.4) is 0 Å². The van der Waals surface area contributed by atoms with Gasteiger partial charge in [-0.25, -0.2) is 4.98 Å². The minimum Gasteiger partial charge on any atom is -0.300 e. The molecule has 1 aromatic heterocycles. The molecule has 1 aromatic rings. The van der Waals surface area contributed by atoms with Gasteiger partial charge in [0.15, 0.2) is 0 Å². The van der Waals surface area contributed by atoms with Gasteiger partial charge < -0.3 is 0 Å². The molecule has 12 heavy (non-hydrogen) atoms. The van der Waals surface area contributed by atoms with Gasteiger partial charge in [-0.2, -0.15) is 4.39 Å². The second-order valence-corrected chi connectivity index (χ2v) is 2.88. The predicted octanol–water partition coefficient (Wildman–Crippen LogP) is 2.66. The monoisotopic (exact) mass is 189 g/mol. The third kappa shape index (κ3) is 5.97. The summed E-state index contributed by atoms with van der Waals surface area (Å²) in [6, 6.07) is 0. The van der Waals surface area contributed by atoms with E-state index in [1.165, 1.54) is 6.20 Å². The van der Waals surface area contributed by atoms with Crippen molar-refractivity contribution in [2.24, 2.45) is 0 Å². The third-order valence-electron chi connectivity index (χ3n) is 1.19. The van der Waals surface area contributed by atoms with E-state index < -0.39 is 0 Å². The van der Waals surface area contributed by atoms with Gasteiger partial charge in [-0.1, -0.05) is 25.2 Å². The highest BCUT2D eigenvalue weighted by Crippen LogP contribution is 1.97. The summed E-state index contributed by atoms with van der Waals surface area (Å²) in [4.78, 5) is 13.4. The van der Waals surface area contributed by atoms with E-state index in [2.05, 4.69) is 4.98 Å². The molecule has 0 fully saturated rings. The van der Waals surface area contributed by atoms with Gasteiger partial charge in [0.05, 0.1) is 0 Å².